The van der Waals surface area contributed by atoms with Gasteiger partial charge in [0.1, 0.15) is 0 Å². The molecule has 1 amide bonds. The largest absolute Gasteiger partial charge is 0.465 e. The molecule has 1 rings (SSSR count). The number of anilines is 1. The van der Waals surface area contributed by atoms with Crippen LogP contribution in [0.2, 0.25) is 0 Å². The Morgan fingerprint density at radius 2 is 1.86 bits per heavy atom. The van der Waals surface area contributed by atoms with Crippen molar-refractivity contribution in [3.63, 3.8) is 0 Å². The quantitative estimate of drug-likeness (QED) is 0.672. The van der Waals surface area contributed by atoms with Crippen LogP contribution in [-0.2, 0) is 9.53 Å². The Balaban J connectivity index is 3.17. The fourth-order valence-electron chi connectivity index (χ4n) is 2.22. The summed E-state index contributed by atoms with van der Waals surface area (Å²) in [6.07, 6.45) is 0. The van der Waals surface area contributed by atoms with Crippen LogP contribution in [0.25, 0.3) is 0 Å². The molecule has 0 heterocycles. The van der Waals surface area contributed by atoms with Gasteiger partial charge in [-0.1, -0.05) is 6.07 Å². The SMILES string of the molecule is CC[N+](C)(C)C(C)C(=O)Nc1c(C)cc(C)cc1C(=O)OC. The molecule has 1 atom stereocenters. The van der Waals surface area contributed by atoms with Crippen molar-refractivity contribution in [2.75, 3.05) is 33.1 Å². The van der Waals surface area contributed by atoms with Crippen LogP contribution in [0.1, 0.15) is 35.3 Å². The lowest BCUT2D eigenvalue weighted by molar-refractivity contribution is -0.902. The van der Waals surface area contributed by atoms with E-state index in [2.05, 4.69) is 5.32 Å². The molecule has 0 saturated heterocycles. The van der Waals surface area contributed by atoms with Crippen molar-refractivity contribution in [1.82, 2.24) is 0 Å². The predicted molar refractivity (Wildman–Crippen MR) is 88.0 cm³/mol. The number of aryl methyl sites for hydroxylation is 2. The van der Waals surface area contributed by atoms with Gasteiger partial charge >= 0.3 is 5.97 Å². The fourth-order valence-corrected chi connectivity index (χ4v) is 2.22. The Bertz CT molecular complexity index is 580. The molecular formula is C17H27N2O3+. The lowest BCUT2D eigenvalue weighted by Gasteiger charge is -2.34. The van der Waals surface area contributed by atoms with Gasteiger partial charge in [-0.15, -0.1) is 0 Å². The average Bonchev–Trinajstić information content (AvgIpc) is 2.47. The summed E-state index contributed by atoms with van der Waals surface area (Å²) in [6.45, 7) is 8.55. The standard InChI is InChI=1S/C17H26N2O3/c1-8-19(5,6)13(4)16(20)18-15-12(3)9-11(2)10-14(15)17(21)22-7/h9-10,13H,8H2,1-7H3/p+1. The average molecular weight is 307 g/mol. The van der Waals surface area contributed by atoms with Gasteiger partial charge in [-0.3, -0.25) is 4.79 Å². The van der Waals surface area contributed by atoms with Gasteiger partial charge in [-0.05, 0) is 44.9 Å². The molecule has 122 valence electrons. The minimum absolute atomic E-state index is 0.107. The number of nitrogens with zero attached hydrogens (tertiary/aromatic N) is 1. The summed E-state index contributed by atoms with van der Waals surface area (Å²) in [5.41, 5.74) is 2.73. The van der Waals surface area contributed by atoms with E-state index in [-0.39, 0.29) is 11.9 Å². The number of carbonyl (C=O) groups is 2. The number of hydrogen-bond acceptors (Lipinski definition) is 3. The van der Waals surface area contributed by atoms with Crippen LogP contribution in [0.4, 0.5) is 5.69 Å². The van der Waals surface area contributed by atoms with Crippen molar-refractivity contribution in [1.29, 1.82) is 0 Å². The second-order valence-corrected chi connectivity index (χ2v) is 6.26. The Hall–Kier alpha value is -1.88. The number of quaternary nitrogens is 1. The summed E-state index contributed by atoms with van der Waals surface area (Å²) in [5, 5.41) is 2.91. The molecule has 0 radical (unpaired) electrons. The highest BCUT2D eigenvalue weighted by Gasteiger charge is 2.30. The van der Waals surface area contributed by atoms with Crippen LogP contribution in [0, 0.1) is 13.8 Å². The third-order valence-electron chi connectivity index (χ3n) is 4.38. The van der Waals surface area contributed by atoms with Gasteiger partial charge in [-0.2, -0.15) is 0 Å². The molecule has 1 aromatic carbocycles. The Labute approximate surface area is 132 Å². The number of ether oxygens (including phenoxy) is 1. The first kappa shape index (κ1) is 18.2. The number of amides is 1. The highest BCUT2D eigenvalue weighted by Crippen LogP contribution is 2.24. The monoisotopic (exact) mass is 307 g/mol. The summed E-state index contributed by atoms with van der Waals surface area (Å²) in [6, 6.07) is 3.45. The van der Waals surface area contributed by atoms with Gasteiger partial charge in [0.25, 0.3) is 5.91 Å². The minimum atomic E-state index is -0.445. The lowest BCUT2D eigenvalue weighted by Crippen LogP contribution is -2.52. The van der Waals surface area contributed by atoms with Crippen LogP contribution in [0.15, 0.2) is 12.1 Å². The van der Waals surface area contributed by atoms with E-state index in [1.54, 1.807) is 6.07 Å². The molecule has 0 spiro atoms. The third kappa shape index (κ3) is 3.85. The number of hydrogen-bond donors (Lipinski definition) is 1. The molecule has 1 aromatic rings. The van der Waals surface area contributed by atoms with Crippen LogP contribution >= 0.6 is 0 Å². The van der Waals surface area contributed by atoms with Gasteiger partial charge in [0.15, 0.2) is 6.04 Å². The van der Waals surface area contributed by atoms with Crippen molar-refractivity contribution in [3.8, 4) is 0 Å². The summed E-state index contributed by atoms with van der Waals surface area (Å²) < 4.78 is 5.40. The molecule has 0 aliphatic heterocycles. The zero-order valence-corrected chi connectivity index (χ0v) is 14.6. The summed E-state index contributed by atoms with van der Waals surface area (Å²) in [5.74, 6) is -0.553. The second-order valence-electron chi connectivity index (χ2n) is 6.26. The van der Waals surface area contributed by atoms with Crippen molar-refractivity contribution < 1.29 is 18.8 Å². The maximum Gasteiger partial charge on any atom is 0.339 e. The van der Waals surface area contributed by atoms with Crippen molar-refractivity contribution in [2.45, 2.75) is 33.7 Å². The van der Waals surface area contributed by atoms with E-state index < -0.39 is 5.97 Å². The highest BCUT2D eigenvalue weighted by molar-refractivity contribution is 6.03. The van der Waals surface area contributed by atoms with E-state index in [1.807, 2.05) is 47.9 Å². The molecule has 1 unspecified atom stereocenters. The lowest BCUT2D eigenvalue weighted by atomic mass is 10.0. The molecule has 5 nitrogen and oxygen atoms in total. The first-order chi connectivity index (χ1) is 10.1. The number of methoxy groups -OCH3 is 1. The molecule has 0 aliphatic carbocycles. The Morgan fingerprint density at radius 1 is 1.27 bits per heavy atom. The van der Waals surface area contributed by atoms with E-state index in [9.17, 15) is 9.59 Å². The molecule has 0 bridgehead atoms. The number of benzene rings is 1. The molecule has 22 heavy (non-hydrogen) atoms. The van der Waals surface area contributed by atoms with Gasteiger partial charge in [0.2, 0.25) is 0 Å². The predicted octanol–water partition coefficient (Wildman–Crippen LogP) is 2.51. The minimum Gasteiger partial charge on any atom is -0.465 e. The summed E-state index contributed by atoms with van der Waals surface area (Å²) in [7, 11) is 5.35. The van der Waals surface area contributed by atoms with Gasteiger partial charge in [-0.25, -0.2) is 4.79 Å². The molecule has 1 N–H and O–H groups in total. The summed E-state index contributed by atoms with van der Waals surface area (Å²) >= 11 is 0. The fraction of sp³-hybridized carbons (Fsp3) is 0.529. The maximum absolute atomic E-state index is 12.5. The topological polar surface area (TPSA) is 55.4 Å². The molecule has 0 saturated carbocycles. The maximum atomic E-state index is 12.5. The van der Waals surface area contributed by atoms with Crippen molar-refractivity contribution in [2.24, 2.45) is 0 Å². The van der Waals surface area contributed by atoms with Gasteiger partial charge in [0, 0.05) is 0 Å². The second kappa shape index (κ2) is 6.92. The van der Waals surface area contributed by atoms with Gasteiger partial charge < -0.3 is 14.5 Å². The first-order valence-electron chi connectivity index (χ1n) is 7.47. The van der Waals surface area contributed by atoms with Crippen LogP contribution in [0.5, 0.6) is 0 Å². The van der Waals surface area contributed by atoms with Crippen LogP contribution in [0.3, 0.4) is 0 Å². The zero-order chi connectivity index (χ0) is 17.1. The molecular weight excluding hydrogens is 280 g/mol. The van der Waals surface area contributed by atoms with Crippen LogP contribution < -0.4 is 5.32 Å². The van der Waals surface area contributed by atoms with E-state index in [1.165, 1.54) is 7.11 Å². The van der Waals surface area contributed by atoms with Crippen molar-refractivity contribution in [3.05, 3.63) is 28.8 Å². The van der Waals surface area contributed by atoms with E-state index in [4.69, 9.17) is 4.74 Å². The Kier molecular flexibility index (Phi) is 5.72. The number of rotatable bonds is 5. The number of carbonyl (C=O) groups excluding carboxylic acids is 2. The molecule has 0 aliphatic rings. The number of esters is 1. The normalized spacial score (nSPS) is 12.7. The van der Waals surface area contributed by atoms with Crippen LogP contribution in [-0.4, -0.2) is 50.2 Å². The van der Waals surface area contributed by atoms with E-state index in [0.717, 1.165) is 17.7 Å². The molecule has 5 heteroatoms. The first-order valence-corrected chi connectivity index (χ1v) is 7.47. The zero-order valence-electron chi connectivity index (χ0n) is 14.6. The number of likely N-dealkylation sites (N-methyl/N-ethyl adjacent to an activating group) is 1. The summed E-state index contributed by atoms with van der Waals surface area (Å²) in [4.78, 5) is 24.5. The van der Waals surface area contributed by atoms with Gasteiger partial charge in [0.05, 0.1) is 39.0 Å². The van der Waals surface area contributed by atoms with E-state index in [0.29, 0.717) is 15.7 Å². The smallest absolute Gasteiger partial charge is 0.339 e. The Morgan fingerprint density at radius 3 is 2.36 bits per heavy atom. The highest BCUT2D eigenvalue weighted by atomic mass is 16.5. The molecule has 0 aromatic heterocycles. The number of nitrogens with one attached hydrogen (secondary N) is 1. The van der Waals surface area contributed by atoms with Crippen molar-refractivity contribution >= 4 is 17.6 Å². The molecule has 0 fully saturated rings. The van der Waals surface area contributed by atoms with E-state index >= 15 is 0 Å². The third-order valence-corrected chi connectivity index (χ3v) is 4.38.